The molecular formula is C20H25ClN4O4. The average Bonchev–Trinajstić information content (AvgIpc) is 2.71. The van der Waals surface area contributed by atoms with Crippen LogP contribution in [0.15, 0.2) is 48.5 Å². The van der Waals surface area contributed by atoms with Gasteiger partial charge in [-0.2, -0.15) is 0 Å². The molecule has 0 heterocycles. The lowest BCUT2D eigenvalue weighted by Crippen LogP contribution is -2.49. The van der Waals surface area contributed by atoms with Crippen molar-refractivity contribution in [2.24, 2.45) is 0 Å². The molecule has 29 heavy (non-hydrogen) atoms. The number of nitro groups is 2. The lowest BCUT2D eigenvalue weighted by atomic mass is 9.90. The third kappa shape index (κ3) is 6.49. The second-order valence-electron chi connectivity index (χ2n) is 7.11. The number of rotatable bonds is 8. The van der Waals surface area contributed by atoms with Gasteiger partial charge in [0.1, 0.15) is 0 Å². The Hall–Kier alpha value is -2.55. The van der Waals surface area contributed by atoms with Gasteiger partial charge in [0, 0.05) is 49.4 Å². The van der Waals surface area contributed by atoms with Crippen molar-refractivity contribution >= 4 is 23.8 Å². The van der Waals surface area contributed by atoms with Crippen LogP contribution in [0.3, 0.4) is 0 Å². The summed E-state index contributed by atoms with van der Waals surface area (Å²) in [6, 6.07) is 13.9. The third-order valence-corrected chi connectivity index (χ3v) is 5.15. The Bertz CT molecular complexity index is 779. The fraction of sp³-hybridized carbons (Fsp3) is 0.400. The molecule has 0 aromatic heterocycles. The summed E-state index contributed by atoms with van der Waals surface area (Å²) in [5.74, 6) is 0. The SMILES string of the molecule is Cl.O=[N+]([O-])c1cccc(CNC2CCCCC2NCc2cccc([N+](=O)[O-])c2)c1. The van der Waals surface area contributed by atoms with Gasteiger partial charge in [0.05, 0.1) is 9.85 Å². The summed E-state index contributed by atoms with van der Waals surface area (Å²) in [5.41, 5.74) is 1.97. The Kier molecular flexibility index (Phi) is 8.50. The second-order valence-corrected chi connectivity index (χ2v) is 7.11. The van der Waals surface area contributed by atoms with Crippen molar-refractivity contribution in [3.63, 3.8) is 0 Å². The van der Waals surface area contributed by atoms with Gasteiger partial charge in [-0.3, -0.25) is 20.2 Å². The van der Waals surface area contributed by atoms with Crippen LogP contribution in [-0.4, -0.2) is 21.9 Å². The lowest BCUT2D eigenvalue weighted by Gasteiger charge is -2.33. The predicted octanol–water partition coefficient (Wildman–Crippen LogP) is 4.12. The molecule has 1 aliphatic rings. The van der Waals surface area contributed by atoms with Crippen molar-refractivity contribution in [3.8, 4) is 0 Å². The zero-order valence-electron chi connectivity index (χ0n) is 16.0. The van der Waals surface area contributed by atoms with E-state index in [4.69, 9.17) is 0 Å². The van der Waals surface area contributed by atoms with Crippen molar-refractivity contribution in [2.75, 3.05) is 0 Å². The fourth-order valence-electron chi connectivity index (χ4n) is 3.68. The zero-order chi connectivity index (χ0) is 19.9. The molecule has 2 N–H and O–H groups in total. The van der Waals surface area contributed by atoms with Crippen molar-refractivity contribution < 1.29 is 9.85 Å². The zero-order valence-corrected chi connectivity index (χ0v) is 16.8. The largest absolute Gasteiger partial charge is 0.308 e. The number of nitrogens with one attached hydrogen (secondary N) is 2. The van der Waals surface area contributed by atoms with E-state index < -0.39 is 0 Å². The van der Waals surface area contributed by atoms with Crippen molar-refractivity contribution in [1.29, 1.82) is 0 Å². The van der Waals surface area contributed by atoms with Crippen molar-refractivity contribution in [2.45, 2.75) is 50.9 Å². The molecule has 0 aliphatic heterocycles. The van der Waals surface area contributed by atoms with E-state index in [0.717, 1.165) is 36.8 Å². The maximum atomic E-state index is 10.9. The van der Waals surface area contributed by atoms with Gasteiger partial charge in [-0.25, -0.2) is 0 Å². The molecule has 9 heteroatoms. The van der Waals surface area contributed by atoms with Crippen LogP contribution in [0.2, 0.25) is 0 Å². The van der Waals surface area contributed by atoms with Gasteiger partial charge in [0.2, 0.25) is 0 Å². The van der Waals surface area contributed by atoms with Gasteiger partial charge in [-0.1, -0.05) is 37.1 Å². The molecule has 0 bridgehead atoms. The highest BCUT2D eigenvalue weighted by Gasteiger charge is 2.24. The summed E-state index contributed by atoms with van der Waals surface area (Å²) >= 11 is 0. The molecule has 1 aliphatic carbocycles. The van der Waals surface area contributed by atoms with Gasteiger partial charge < -0.3 is 10.6 Å². The normalized spacial score (nSPS) is 18.6. The molecule has 2 aromatic carbocycles. The Morgan fingerprint density at radius 2 is 1.21 bits per heavy atom. The Morgan fingerprint density at radius 1 is 0.793 bits per heavy atom. The summed E-state index contributed by atoms with van der Waals surface area (Å²) < 4.78 is 0. The first-order valence-electron chi connectivity index (χ1n) is 9.46. The van der Waals surface area contributed by atoms with Gasteiger partial charge >= 0.3 is 0 Å². The van der Waals surface area contributed by atoms with E-state index in [-0.39, 0.29) is 45.7 Å². The number of hydrogen-bond acceptors (Lipinski definition) is 6. The van der Waals surface area contributed by atoms with Crippen LogP contribution in [0.1, 0.15) is 36.8 Å². The van der Waals surface area contributed by atoms with Crippen LogP contribution in [0.25, 0.3) is 0 Å². The predicted molar refractivity (Wildman–Crippen MR) is 113 cm³/mol. The molecule has 0 spiro atoms. The number of nitrogens with zero attached hydrogens (tertiary/aromatic N) is 2. The standard InChI is InChI=1S/C20H24N4O4.ClH/c25-23(26)17-7-3-5-15(11-17)13-21-19-9-1-2-10-20(19)22-14-16-6-4-8-18(12-16)24(27)28;/h3-8,11-12,19-22H,1-2,9-10,13-14H2;1H. The van der Waals surface area contributed by atoms with Crippen molar-refractivity contribution in [1.82, 2.24) is 10.6 Å². The Labute approximate surface area is 175 Å². The highest BCUT2D eigenvalue weighted by Crippen LogP contribution is 2.21. The molecular weight excluding hydrogens is 396 g/mol. The molecule has 2 aromatic rings. The molecule has 2 atom stereocenters. The summed E-state index contributed by atoms with van der Waals surface area (Å²) in [7, 11) is 0. The third-order valence-electron chi connectivity index (χ3n) is 5.15. The first kappa shape index (κ1) is 22.7. The highest BCUT2D eigenvalue weighted by molar-refractivity contribution is 5.85. The number of non-ortho nitro benzene ring substituents is 2. The van der Waals surface area contributed by atoms with Crippen LogP contribution in [0.4, 0.5) is 11.4 Å². The van der Waals surface area contributed by atoms with E-state index in [1.807, 2.05) is 12.1 Å². The van der Waals surface area contributed by atoms with Crippen LogP contribution >= 0.6 is 12.4 Å². The summed E-state index contributed by atoms with van der Waals surface area (Å²) in [6.07, 6.45) is 4.34. The van der Waals surface area contributed by atoms with Gasteiger partial charge in [-0.05, 0) is 24.0 Å². The first-order chi connectivity index (χ1) is 13.5. The topological polar surface area (TPSA) is 110 Å². The van der Waals surface area contributed by atoms with E-state index in [1.54, 1.807) is 24.3 Å². The number of nitro benzene ring substituents is 2. The van der Waals surface area contributed by atoms with E-state index in [0.29, 0.717) is 13.1 Å². The van der Waals surface area contributed by atoms with Crippen LogP contribution in [-0.2, 0) is 13.1 Å². The smallest absolute Gasteiger partial charge is 0.269 e. The minimum absolute atomic E-state index is 0. The molecule has 1 fully saturated rings. The molecule has 0 amide bonds. The maximum Gasteiger partial charge on any atom is 0.269 e. The summed E-state index contributed by atoms with van der Waals surface area (Å²) in [6.45, 7) is 1.14. The maximum absolute atomic E-state index is 10.9. The van der Waals surface area contributed by atoms with Gasteiger partial charge in [-0.15, -0.1) is 12.4 Å². The molecule has 2 unspecified atom stereocenters. The molecule has 1 saturated carbocycles. The minimum atomic E-state index is -0.381. The molecule has 0 saturated heterocycles. The van der Waals surface area contributed by atoms with E-state index in [1.165, 1.54) is 12.1 Å². The average molecular weight is 421 g/mol. The van der Waals surface area contributed by atoms with Gasteiger partial charge in [0.15, 0.2) is 0 Å². The van der Waals surface area contributed by atoms with Crippen molar-refractivity contribution in [3.05, 3.63) is 79.9 Å². The Morgan fingerprint density at radius 3 is 1.59 bits per heavy atom. The molecule has 0 radical (unpaired) electrons. The van der Waals surface area contributed by atoms with Crippen LogP contribution in [0, 0.1) is 20.2 Å². The highest BCUT2D eigenvalue weighted by atomic mass is 35.5. The fourth-order valence-corrected chi connectivity index (χ4v) is 3.68. The quantitative estimate of drug-likeness (QED) is 0.491. The summed E-state index contributed by atoms with van der Waals surface area (Å²) in [4.78, 5) is 21.1. The van der Waals surface area contributed by atoms with Gasteiger partial charge in [0.25, 0.3) is 11.4 Å². The monoisotopic (exact) mass is 420 g/mol. The van der Waals surface area contributed by atoms with E-state index in [9.17, 15) is 20.2 Å². The van der Waals surface area contributed by atoms with Crippen LogP contribution < -0.4 is 10.6 Å². The second kappa shape index (κ2) is 10.8. The number of halogens is 1. The minimum Gasteiger partial charge on any atom is -0.308 e. The first-order valence-corrected chi connectivity index (χ1v) is 9.46. The lowest BCUT2D eigenvalue weighted by molar-refractivity contribution is -0.385. The number of benzene rings is 2. The molecule has 156 valence electrons. The van der Waals surface area contributed by atoms with E-state index >= 15 is 0 Å². The molecule has 3 rings (SSSR count). The number of hydrogen-bond donors (Lipinski definition) is 2. The van der Waals surface area contributed by atoms with Crippen LogP contribution in [0.5, 0.6) is 0 Å². The summed E-state index contributed by atoms with van der Waals surface area (Å²) in [5, 5.41) is 28.9. The van der Waals surface area contributed by atoms with E-state index in [2.05, 4.69) is 10.6 Å². The Balaban J connectivity index is 0.00000300. The molecule has 8 nitrogen and oxygen atoms in total.